The maximum Gasteiger partial charge on any atom is 0.407 e. The number of hydrogen-bond acceptors (Lipinski definition) is 8. The Morgan fingerprint density at radius 3 is 2.78 bits per heavy atom. The van der Waals surface area contributed by atoms with Crippen molar-refractivity contribution in [1.82, 2.24) is 25.1 Å². The van der Waals surface area contributed by atoms with Crippen LogP contribution in [0.1, 0.15) is 33.6 Å². The third kappa shape index (κ3) is 5.28. The van der Waals surface area contributed by atoms with E-state index in [0.717, 1.165) is 51.7 Å². The Hall–Kier alpha value is -3.66. The van der Waals surface area contributed by atoms with Crippen LogP contribution in [0.5, 0.6) is 0 Å². The van der Waals surface area contributed by atoms with Crippen molar-refractivity contribution < 1.29 is 9.53 Å². The average molecular weight is 506 g/mol. The average Bonchev–Trinajstić information content (AvgIpc) is 3.43. The summed E-state index contributed by atoms with van der Waals surface area (Å²) in [6.45, 7) is 7.14. The quantitative estimate of drug-likeness (QED) is 0.378. The molecule has 188 valence electrons. The van der Waals surface area contributed by atoms with Gasteiger partial charge in [-0.15, -0.1) is 11.3 Å². The van der Waals surface area contributed by atoms with E-state index in [0.29, 0.717) is 12.4 Å². The van der Waals surface area contributed by atoms with E-state index in [1.54, 1.807) is 17.5 Å². The van der Waals surface area contributed by atoms with Crippen LogP contribution in [-0.4, -0.2) is 50.6 Å². The van der Waals surface area contributed by atoms with Gasteiger partial charge in [-0.3, -0.25) is 4.68 Å². The van der Waals surface area contributed by atoms with Gasteiger partial charge in [0, 0.05) is 37.9 Å². The zero-order valence-electron chi connectivity index (χ0n) is 21.0. The van der Waals surface area contributed by atoms with Gasteiger partial charge in [0.15, 0.2) is 11.6 Å². The van der Waals surface area contributed by atoms with E-state index in [9.17, 15) is 4.79 Å². The number of pyridine rings is 1. The van der Waals surface area contributed by atoms with Gasteiger partial charge in [0.2, 0.25) is 0 Å². The number of nitrogens with one attached hydrogen (secondary N) is 2. The van der Waals surface area contributed by atoms with Crippen LogP contribution in [0.2, 0.25) is 0 Å². The van der Waals surface area contributed by atoms with Crippen molar-refractivity contribution in [3.63, 3.8) is 0 Å². The number of ether oxygens (including phenoxy) is 1. The molecule has 1 saturated heterocycles. The summed E-state index contributed by atoms with van der Waals surface area (Å²) in [7, 11) is 1.93. The number of carbonyl (C=O) groups excluding carboxylic acids is 1. The first-order valence-electron chi connectivity index (χ1n) is 12.1. The molecular weight excluding hydrogens is 474 g/mol. The molecule has 10 heteroatoms. The van der Waals surface area contributed by atoms with Gasteiger partial charge in [-0.2, -0.15) is 5.10 Å². The van der Waals surface area contributed by atoms with Gasteiger partial charge in [0.25, 0.3) is 0 Å². The predicted octanol–water partition coefficient (Wildman–Crippen LogP) is 5.33. The molecule has 1 amide bonds. The Bertz CT molecular complexity index is 1360. The van der Waals surface area contributed by atoms with Crippen LogP contribution in [0.25, 0.3) is 20.8 Å². The van der Waals surface area contributed by atoms with E-state index in [1.165, 1.54) is 0 Å². The van der Waals surface area contributed by atoms with Crippen LogP contribution < -0.4 is 15.5 Å². The first-order valence-corrected chi connectivity index (χ1v) is 12.9. The highest BCUT2D eigenvalue weighted by Crippen LogP contribution is 2.36. The number of alkyl carbamates (subject to hydrolysis) is 1. The molecule has 4 aromatic rings. The fraction of sp³-hybridized carbons (Fsp3) is 0.385. The minimum absolute atomic E-state index is 0.00937. The highest BCUT2D eigenvalue weighted by Gasteiger charge is 2.27. The summed E-state index contributed by atoms with van der Waals surface area (Å²) >= 11 is 1.65. The second-order valence-corrected chi connectivity index (χ2v) is 11.0. The number of thiazole rings is 1. The Morgan fingerprint density at radius 2 is 2.00 bits per heavy atom. The monoisotopic (exact) mass is 505 g/mol. The smallest absolute Gasteiger partial charge is 0.407 e. The molecule has 1 atom stereocenters. The Balaban J connectivity index is 1.37. The van der Waals surface area contributed by atoms with E-state index < -0.39 is 5.60 Å². The molecule has 36 heavy (non-hydrogen) atoms. The van der Waals surface area contributed by atoms with Gasteiger partial charge >= 0.3 is 6.09 Å². The van der Waals surface area contributed by atoms with Crippen molar-refractivity contribution in [2.24, 2.45) is 7.05 Å². The van der Waals surface area contributed by atoms with E-state index in [4.69, 9.17) is 9.72 Å². The number of amides is 1. The third-order valence-corrected chi connectivity index (χ3v) is 7.00. The number of fused-ring (bicyclic) bond motifs is 1. The van der Waals surface area contributed by atoms with Crippen LogP contribution in [0, 0.1) is 0 Å². The lowest BCUT2D eigenvalue weighted by Gasteiger charge is -2.35. The van der Waals surface area contributed by atoms with Crippen LogP contribution in [0.15, 0.2) is 48.8 Å². The molecule has 3 aromatic heterocycles. The first kappa shape index (κ1) is 24.1. The van der Waals surface area contributed by atoms with Gasteiger partial charge in [0.1, 0.15) is 21.8 Å². The van der Waals surface area contributed by atoms with Gasteiger partial charge in [-0.1, -0.05) is 30.3 Å². The summed E-state index contributed by atoms with van der Waals surface area (Å²) in [5, 5.41) is 12.0. The molecule has 2 N–H and O–H groups in total. The van der Waals surface area contributed by atoms with E-state index in [-0.39, 0.29) is 12.1 Å². The molecule has 1 aliphatic rings. The van der Waals surface area contributed by atoms with Crippen molar-refractivity contribution in [2.45, 2.75) is 45.3 Å². The number of hydrogen-bond donors (Lipinski definition) is 2. The van der Waals surface area contributed by atoms with Crippen LogP contribution in [0.4, 0.5) is 22.1 Å². The molecule has 1 aliphatic heterocycles. The molecule has 1 fully saturated rings. The largest absolute Gasteiger partial charge is 0.444 e. The number of nitrogens with zero attached hydrogens (tertiary/aromatic N) is 5. The summed E-state index contributed by atoms with van der Waals surface area (Å²) < 4.78 is 8.38. The van der Waals surface area contributed by atoms with Crippen molar-refractivity contribution in [2.75, 3.05) is 23.3 Å². The van der Waals surface area contributed by atoms with Gasteiger partial charge < -0.3 is 20.3 Å². The number of anilines is 3. The highest BCUT2D eigenvalue weighted by atomic mass is 32.1. The molecule has 0 unspecified atom stereocenters. The maximum atomic E-state index is 12.3. The zero-order valence-corrected chi connectivity index (χ0v) is 21.8. The summed E-state index contributed by atoms with van der Waals surface area (Å²) in [6, 6.07) is 12.2. The lowest BCUT2D eigenvalue weighted by Crippen LogP contribution is -2.49. The normalized spacial score (nSPS) is 16.2. The molecule has 5 rings (SSSR count). The van der Waals surface area contributed by atoms with Crippen LogP contribution in [0.3, 0.4) is 0 Å². The Labute approximate surface area is 214 Å². The fourth-order valence-electron chi connectivity index (χ4n) is 4.43. The lowest BCUT2D eigenvalue weighted by molar-refractivity contribution is 0.0500. The SMILES string of the molecule is Cn1ncc(Nc2nccc3sc(-c4ccccc4)nc23)c1N1CCC[C@H](NC(=O)OC(C)(C)C)C1. The fourth-order valence-corrected chi connectivity index (χ4v) is 5.40. The number of aromatic nitrogens is 4. The molecule has 0 bridgehead atoms. The number of rotatable bonds is 5. The minimum atomic E-state index is -0.526. The van der Waals surface area contributed by atoms with Crippen molar-refractivity contribution in [3.05, 3.63) is 48.8 Å². The highest BCUT2D eigenvalue weighted by molar-refractivity contribution is 7.21. The van der Waals surface area contributed by atoms with E-state index >= 15 is 0 Å². The first-order chi connectivity index (χ1) is 17.3. The second kappa shape index (κ2) is 9.77. The summed E-state index contributed by atoms with van der Waals surface area (Å²) in [5.41, 5.74) is 2.24. The van der Waals surface area contributed by atoms with Gasteiger partial charge in [-0.05, 0) is 39.7 Å². The molecule has 0 radical (unpaired) electrons. The molecule has 1 aromatic carbocycles. The number of carbonyl (C=O) groups is 1. The summed E-state index contributed by atoms with van der Waals surface area (Å²) in [5.74, 6) is 1.64. The molecule has 9 nitrogen and oxygen atoms in total. The third-order valence-electron chi connectivity index (χ3n) is 5.93. The second-order valence-electron chi connectivity index (χ2n) is 9.95. The molecule has 0 aliphatic carbocycles. The zero-order chi connectivity index (χ0) is 25.3. The molecular formula is C26H31N7O2S. The topological polar surface area (TPSA) is 97.2 Å². The number of piperidine rings is 1. The van der Waals surface area contributed by atoms with Crippen molar-refractivity contribution in [1.29, 1.82) is 0 Å². The molecule has 4 heterocycles. The van der Waals surface area contributed by atoms with Crippen molar-refractivity contribution in [3.8, 4) is 10.6 Å². The van der Waals surface area contributed by atoms with Gasteiger partial charge in [-0.25, -0.2) is 14.8 Å². The molecule has 0 spiro atoms. The summed E-state index contributed by atoms with van der Waals surface area (Å²) in [6.07, 6.45) is 5.08. The van der Waals surface area contributed by atoms with Crippen LogP contribution >= 0.6 is 11.3 Å². The van der Waals surface area contributed by atoms with E-state index in [1.807, 2.05) is 63.0 Å². The Kier molecular flexibility index (Phi) is 6.53. The summed E-state index contributed by atoms with van der Waals surface area (Å²) in [4.78, 5) is 24.1. The number of aryl methyl sites for hydroxylation is 1. The standard InChI is InChI=1S/C26H31N7O2S/c1-26(2,3)35-25(34)29-18-11-8-14-33(16-18)24-19(15-28-32(24)4)30-22-21-20(12-13-27-22)36-23(31-21)17-9-6-5-7-10-17/h5-7,9-10,12-13,15,18H,8,11,14,16H2,1-4H3,(H,27,30)(H,29,34)/t18-/m0/s1. The van der Waals surface area contributed by atoms with E-state index in [2.05, 4.69) is 37.7 Å². The van der Waals surface area contributed by atoms with Crippen LogP contribution in [-0.2, 0) is 11.8 Å². The number of benzene rings is 1. The Morgan fingerprint density at radius 1 is 1.19 bits per heavy atom. The predicted molar refractivity (Wildman–Crippen MR) is 144 cm³/mol. The van der Waals surface area contributed by atoms with Gasteiger partial charge in [0.05, 0.1) is 10.9 Å². The lowest BCUT2D eigenvalue weighted by atomic mass is 10.1. The molecule has 0 saturated carbocycles. The maximum absolute atomic E-state index is 12.3. The van der Waals surface area contributed by atoms with Crippen molar-refractivity contribution >= 4 is 45.0 Å². The minimum Gasteiger partial charge on any atom is -0.444 e.